The quantitative estimate of drug-likeness (QED) is 0.143. The molecule has 2 heteroatoms. The average Bonchev–Trinajstić information content (AvgIpc) is 2.89. The van der Waals surface area contributed by atoms with Crippen molar-refractivity contribution in [2.45, 2.75) is 138 Å². The van der Waals surface area contributed by atoms with Crippen LogP contribution in [0.25, 0.3) is 0 Å². The van der Waals surface area contributed by atoms with Crippen molar-refractivity contribution in [1.82, 2.24) is 0 Å². The second kappa shape index (κ2) is 18.1. The van der Waals surface area contributed by atoms with E-state index in [2.05, 4.69) is 77.9 Å². The molecule has 0 heterocycles. The summed E-state index contributed by atoms with van der Waals surface area (Å²) in [7, 11) is 0. The van der Waals surface area contributed by atoms with Gasteiger partial charge in [0.15, 0.2) is 0 Å². The summed E-state index contributed by atoms with van der Waals surface area (Å²) < 4.78 is 0. The largest absolute Gasteiger partial charge is 0.252 e. The molecule has 0 aliphatic carbocycles. The highest BCUT2D eigenvalue weighted by atomic mass is 14.8. The highest BCUT2D eigenvalue weighted by Crippen LogP contribution is 2.25. The van der Waals surface area contributed by atoms with Crippen LogP contribution in [0.5, 0.6) is 0 Å². The van der Waals surface area contributed by atoms with Crippen molar-refractivity contribution < 1.29 is 0 Å². The molecule has 0 fully saturated rings. The highest BCUT2D eigenvalue weighted by molar-refractivity contribution is 6.42. The molecular weight excluding hydrogens is 448 g/mol. The van der Waals surface area contributed by atoms with Crippen LogP contribution in [0.2, 0.25) is 0 Å². The van der Waals surface area contributed by atoms with Crippen LogP contribution in [0.1, 0.15) is 134 Å². The standard InChI is InChI=1S/C35H54N2/c1-7-12-13-14-15-16-21-35(37-34-25-23-30(18-9-3)32(27-34)20-11-5)28(6)36-33-24-22-29(17-8-2)31(26-33)19-10-4/h22-27H,7-21H2,1-6H3. The van der Waals surface area contributed by atoms with Gasteiger partial charge in [-0.15, -0.1) is 0 Å². The molecule has 2 nitrogen and oxygen atoms in total. The first-order chi connectivity index (χ1) is 18.1. The van der Waals surface area contributed by atoms with Crippen molar-refractivity contribution >= 4 is 22.8 Å². The van der Waals surface area contributed by atoms with Gasteiger partial charge in [0.25, 0.3) is 0 Å². The van der Waals surface area contributed by atoms with Crippen molar-refractivity contribution in [3.8, 4) is 0 Å². The normalized spacial score (nSPS) is 12.4. The zero-order chi connectivity index (χ0) is 26.9. The number of aryl methyl sites for hydroxylation is 4. The average molecular weight is 503 g/mol. The first-order valence-electron chi connectivity index (χ1n) is 15.4. The van der Waals surface area contributed by atoms with Crippen molar-refractivity contribution in [1.29, 1.82) is 0 Å². The molecule has 37 heavy (non-hydrogen) atoms. The van der Waals surface area contributed by atoms with E-state index < -0.39 is 0 Å². The molecule has 0 aliphatic heterocycles. The molecule has 0 atom stereocenters. The molecule has 0 radical (unpaired) electrons. The number of aliphatic imine (C=N–C) groups is 2. The number of unbranched alkanes of at least 4 members (excludes halogenated alkanes) is 5. The van der Waals surface area contributed by atoms with E-state index >= 15 is 0 Å². The Morgan fingerprint density at radius 1 is 0.514 bits per heavy atom. The van der Waals surface area contributed by atoms with Gasteiger partial charge < -0.3 is 0 Å². The molecule has 204 valence electrons. The second-order valence-corrected chi connectivity index (χ2v) is 10.7. The third-order valence-corrected chi connectivity index (χ3v) is 7.20. The maximum atomic E-state index is 5.22. The lowest BCUT2D eigenvalue weighted by atomic mass is 9.98. The molecule has 0 saturated heterocycles. The Morgan fingerprint density at radius 2 is 0.973 bits per heavy atom. The van der Waals surface area contributed by atoms with Crippen LogP contribution in [0.3, 0.4) is 0 Å². The molecule has 0 amide bonds. The highest BCUT2D eigenvalue weighted by Gasteiger charge is 2.09. The first-order valence-corrected chi connectivity index (χ1v) is 15.4. The van der Waals surface area contributed by atoms with Crippen LogP contribution in [0.4, 0.5) is 11.4 Å². The maximum Gasteiger partial charge on any atom is 0.0636 e. The van der Waals surface area contributed by atoms with Crippen molar-refractivity contribution in [3.63, 3.8) is 0 Å². The van der Waals surface area contributed by atoms with E-state index in [4.69, 9.17) is 9.98 Å². The van der Waals surface area contributed by atoms with E-state index in [1.54, 1.807) is 0 Å². The van der Waals surface area contributed by atoms with Crippen molar-refractivity contribution in [2.75, 3.05) is 0 Å². The Labute approximate surface area is 229 Å². The molecule has 0 aromatic heterocycles. The van der Waals surface area contributed by atoms with E-state index in [0.29, 0.717) is 0 Å². The lowest BCUT2D eigenvalue weighted by Crippen LogP contribution is -2.10. The van der Waals surface area contributed by atoms with Crippen LogP contribution < -0.4 is 0 Å². The second-order valence-electron chi connectivity index (χ2n) is 10.7. The Kier molecular flexibility index (Phi) is 15.2. The molecule has 0 spiro atoms. The summed E-state index contributed by atoms with van der Waals surface area (Å²) in [5.41, 5.74) is 10.3. The minimum atomic E-state index is 0.997. The SMILES string of the molecule is CCCCCCCCC(=Nc1ccc(CCC)c(CCC)c1)C(C)=Nc1ccc(CCC)c(CCC)c1. The molecule has 2 rings (SSSR count). The third-order valence-electron chi connectivity index (χ3n) is 7.20. The molecule has 0 saturated carbocycles. The van der Waals surface area contributed by atoms with E-state index in [-0.39, 0.29) is 0 Å². The summed E-state index contributed by atoms with van der Waals surface area (Å²) in [5, 5.41) is 0. The minimum absolute atomic E-state index is 0.997. The van der Waals surface area contributed by atoms with Crippen LogP contribution >= 0.6 is 0 Å². The fraction of sp³-hybridized carbons (Fsp3) is 0.600. The molecule has 0 bridgehead atoms. The maximum absolute atomic E-state index is 5.22. The lowest BCUT2D eigenvalue weighted by molar-refractivity contribution is 0.616. The summed E-state index contributed by atoms with van der Waals surface area (Å²) in [6.45, 7) is 13.5. The fourth-order valence-electron chi connectivity index (χ4n) is 5.20. The van der Waals surface area contributed by atoms with Gasteiger partial charge in [-0.05, 0) is 92.0 Å². The van der Waals surface area contributed by atoms with E-state index in [1.165, 1.54) is 86.5 Å². The summed E-state index contributed by atoms with van der Waals surface area (Å²) in [5.74, 6) is 0. The van der Waals surface area contributed by atoms with Gasteiger partial charge in [0, 0.05) is 0 Å². The van der Waals surface area contributed by atoms with Gasteiger partial charge >= 0.3 is 0 Å². The molecule has 2 aromatic carbocycles. The number of hydrogen-bond acceptors (Lipinski definition) is 2. The van der Waals surface area contributed by atoms with Gasteiger partial charge in [-0.3, -0.25) is 9.98 Å². The third kappa shape index (κ3) is 11.0. The minimum Gasteiger partial charge on any atom is -0.252 e. The van der Waals surface area contributed by atoms with Gasteiger partial charge in [-0.2, -0.15) is 0 Å². The van der Waals surface area contributed by atoms with Crippen LogP contribution in [0.15, 0.2) is 46.4 Å². The Morgan fingerprint density at radius 3 is 1.49 bits per heavy atom. The molecule has 0 aliphatic rings. The first kappa shape index (κ1) is 31.0. The summed E-state index contributed by atoms with van der Waals surface area (Å²) in [6, 6.07) is 13.7. The van der Waals surface area contributed by atoms with Gasteiger partial charge in [-0.25, -0.2) is 0 Å². The fourth-order valence-corrected chi connectivity index (χ4v) is 5.20. The Bertz CT molecular complexity index is 983. The predicted octanol–water partition coefficient (Wildman–Crippen LogP) is 11.1. The van der Waals surface area contributed by atoms with Crippen molar-refractivity contribution in [2.24, 2.45) is 9.98 Å². The monoisotopic (exact) mass is 502 g/mol. The van der Waals surface area contributed by atoms with Gasteiger partial charge in [-0.1, -0.05) is 105 Å². The number of hydrogen-bond donors (Lipinski definition) is 0. The number of benzene rings is 2. The van der Waals surface area contributed by atoms with Crippen LogP contribution in [-0.2, 0) is 25.7 Å². The molecule has 2 aromatic rings. The van der Waals surface area contributed by atoms with E-state index in [1.807, 2.05) is 0 Å². The summed E-state index contributed by atoms with van der Waals surface area (Å²) in [4.78, 5) is 10.3. The summed E-state index contributed by atoms with van der Waals surface area (Å²) in [6.07, 6.45) is 18.0. The van der Waals surface area contributed by atoms with Gasteiger partial charge in [0.2, 0.25) is 0 Å². The van der Waals surface area contributed by atoms with E-state index in [9.17, 15) is 0 Å². The van der Waals surface area contributed by atoms with Gasteiger partial charge in [0.1, 0.15) is 0 Å². The molecule has 0 N–H and O–H groups in total. The number of rotatable bonds is 18. The zero-order valence-corrected chi connectivity index (χ0v) is 25.0. The molecule has 0 unspecified atom stereocenters. The zero-order valence-electron chi connectivity index (χ0n) is 25.0. The topological polar surface area (TPSA) is 24.7 Å². The van der Waals surface area contributed by atoms with E-state index in [0.717, 1.165) is 54.9 Å². The Balaban J connectivity index is 2.36. The van der Waals surface area contributed by atoms with Gasteiger partial charge in [0.05, 0.1) is 22.8 Å². The Hall–Kier alpha value is -2.22. The van der Waals surface area contributed by atoms with Crippen LogP contribution in [0, 0.1) is 0 Å². The predicted molar refractivity (Wildman–Crippen MR) is 167 cm³/mol. The van der Waals surface area contributed by atoms with Crippen molar-refractivity contribution in [3.05, 3.63) is 58.7 Å². The van der Waals surface area contributed by atoms with Crippen LogP contribution in [-0.4, -0.2) is 11.4 Å². The smallest absolute Gasteiger partial charge is 0.0636 e. The number of nitrogens with zero attached hydrogens (tertiary/aromatic N) is 2. The lowest BCUT2D eigenvalue weighted by Gasteiger charge is -2.12. The summed E-state index contributed by atoms with van der Waals surface area (Å²) >= 11 is 0. The molecular formula is C35H54N2.